The van der Waals surface area contributed by atoms with Gasteiger partial charge in [-0.1, -0.05) is 25.9 Å². The lowest BCUT2D eigenvalue weighted by atomic mass is 9.97. The van der Waals surface area contributed by atoms with Crippen molar-refractivity contribution >= 4 is 5.91 Å². The summed E-state index contributed by atoms with van der Waals surface area (Å²) in [6.07, 6.45) is 1.66. The third-order valence-electron chi connectivity index (χ3n) is 4.39. The van der Waals surface area contributed by atoms with E-state index >= 15 is 0 Å². The first-order valence-corrected chi connectivity index (χ1v) is 9.51. The molecule has 0 aliphatic rings. The second-order valence-electron chi connectivity index (χ2n) is 8.59. The van der Waals surface area contributed by atoms with Gasteiger partial charge in [-0.25, -0.2) is 13.8 Å². The summed E-state index contributed by atoms with van der Waals surface area (Å²) in [5.41, 5.74) is -1.02. The van der Waals surface area contributed by atoms with Gasteiger partial charge in [0.05, 0.1) is 17.3 Å². The quantitative estimate of drug-likeness (QED) is 0.642. The molecule has 0 spiro atoms. The van der Waals surface area contributed by atoms with Gasteiger partial charge in [0, 0.05) is 24.3 Å². The Bertz CT molecular complexity index is 1050. The molecule has 9 heteroatoms. The smallest absolute Gasteiger partial charge is 0.232 e. The van der Waals surface area contributed by atoms with Crippen LogP contribution >= 0.6 is 0 Å². The SMILES string of the molecule is CC(C)(C)c1nc(C(C)(C)NC(=O)CCc2ncc(-c3ccc(F)cc3F)o2)no1. The number of hydrogen-bond donors (Lipinski definition) is 1. The van der Waals surface area contributed by atoms with Gasteiger partial charge >= 0.3 is 0 Å². The van der Waals surface area contributed by atoms with Gasteiger partial charge in [-0.05, 0) is 26.0 Å². The van der Waals surface area contributed by atoms with E-state index in [-0.39, 0.29) is 41.4 Å². The Morgan fingerprint density at radius 2 is 1.90 bits per heavy atom. The van der Waals surface area contributed by atoms with Crippen molar-refractivity contribution < 1.29 is 22.5 Å². The molecule has 1 aromatic carbocycles. The molecule has 7 nitrogen and oxygen atoms in total. The van der Waals surface area contributed by atoms with Gasteiger partial charge in [0.2, 0.25) is 11.8 Å². The largest absolute Gasteiger partial charge is 0.441 e. The number of nitrogens with zero attached hydrogens (tertiary/aromatic N) is 3. The highest BCUT2D eigenvalue weighted by atomic mass is 19.1. The fourth-order valence-electron chi connectivity index (χ4n) is 2.71. The second kappa shape index (κ2) is 7.97. The van der Waals surface area contributed by atoms with Crippen LogP contribution in [-0.2, 0) is 22.2 Å². The maximum absolute atomic E-state index is 13.9. The summed E-state index contributed by atoms with van der Waals surface area (Å²) >= 11 is 0. The number of amides is 1. The first-order valence-electron chi connectivity index (χ1n) is 9.51. The van der Waals surface area contributed by atoms with Crippen molar-refractivity contribution in [1.29, 1.82) is 0 Å². The van der Waals surface area contributed by atoms with E-state index in [1.807, 2.05) is 20.8 Å². The Balaban J connectivity index is 1.60. The zero-order valence-corrected chi connectivity index (χ0v) is 17.5. The summed E-state index contributed by atoms with van der Waals surface area (Å²) in [5.74, 6) is -0.361. The lowest BCUT2D eigenvalue weighted by molar-refractivity contribution is -0.122. The summed E-state index contributed by atoms with van der Waals surface area (Å²) in [5, 5.41) is 6.85. The highest BCUT2D eigenvalue weighted by Gasteiger charge is 2.31. The molecular weight excluding hydrogens is 394 g/mol. The zero-order chi connectivity index (χ0) is 22.1. The summed E-state index contributed by atoms with van der Waals surface area (Å²) in [7, 11) is 0. The minimum atomic E-state index is -0.830. The molecule has 1 N–H and O–H groups in total. The number of carbonyl (C=O) groups is 1. The van der Waals surface area contributed by atoms with E-state index in [2.05, 4.69) is 20.4 Å². The van der Waals surface area contributed by atoms with Crippen LogP contribution < -0.4 is 5.32 Å². The fourth-order valence-corrected chi connectivity index (χ4v) is 2.71. The molecule has 0 radical (unpaired) electrons. The minimum absolute atomic E-state index is 0.0965. The number of nitrogens with one attached hydrogen (secondary N) is 1. The predicted octanol–water partition coefficient (Wildman–Crippen LogP) is 4.28. The average Bonchev–Trinajstić information content (AvgIpc) is 3.29. The number of aromatic nitrogens is 3. The van der Waals surface area contributed by atoms with Gasteiger partial charge in [-0.3, -0.25) is 4.79 Å². The average molecular weight is 418 g/mol. The highest BCUT2D eigenvalue weighted by Crippen LogP contribution is 2.26. The third-order valence-corrected chi connectivity index (χ3v) is 4.39. The van der Waals surface area contributed by atoms with E-state index in [1.165, 1.54) is 12.3 Å². The molecule has 3 rings (SSSR count). The Kier molecular flexibility index (Phi) is 5.74. The molecule has 2 aromatic heterocycles. The molecule has 1 amide bonds. The first-order chi connectivity index (χ1) is 14.0. The van der Waals surface area contributed by atoms with E-state index in [0.717, 1.165) is 12.1 Å². The maximum atomic E-state index is 13.9. The van der Waals surface area contributed by atoms with Crippen LogP contribution in [0.25, 0.3) is 11.3 Å². The Morgan fingerprint density at radius 1 is 1.17 bits per heavy atom. The van der Waals surface area contributed by atoms with Gasteiger partial charge in [-0.15, -0.1) is 0 Å². The van der Waals surface area contributed by atoms with Crippen molar-refractivity contribution in [3.8, 4) is 11.3 Å². The number of carbonyl (C=O) groups excluding carboxylic acids is 1. The molecule has 30 heavy (non-hydrogen) atoms. The second-order valence-corrected chi connectivity index (χ2v) is 8.59. The Hall–Kier alpha value is -3.10. The highest BCUT2D eigenvalue weighted by molar-refractivity contribution is 5.77. The summed E-state index contributed by atoms with van der Waals surface area (Å²) < 4.78 is 37.7. The first kappa shape index (κ1) is 21.6. The van der Waals surface area contributed by atoms with Crippen molar-refractivity contribution in [1.82, 2.24) is 20.4 Å². The van der Waals surface area contributed by atoms with Crippen molar-refractivity contribution in [3.63, 3.8) is 0 Å². The lowest BCUT2D eigenvalue weighted by Gasteiger charge is -2.22. The standard InChI is InChI=1S/C21H24F2N4O3/c1-20(2,3)19-25-18(27-30-19)21(4,5)26-16(28)8-9-17-24-11-15(29-17)13-7-6-12(22)10-14(13)23/h6-7,10-11H,8-9H2,1-5H3,(H,26,28). The molecule has 2 heterocycles. The van der Waals surface area contributed by atoms with Crippen molar-refractivity contribution in [2.75, 3.05) is 0 Å². The van der Waals surface area contributed by atoms with Crippen LogP contribution in [0.2, 0.25) is 0 Å². The summed E-state index contributed by atoms with van der Waals surface area (Å²) in [6.45, 7) is 9.43. The van der Waals surface area contributed by atoms with Crippen molar-refractivity contribution in [2.24, 2.45) is 0 Å². The molecule has 0 atom stereocenters. The van der Waals surface area contributed by atoms with E-state index < -0.39 is 17.2 Å². The van der Waals surface area contributed by atoms with Crippen LogP contribution in [0.1, 0.15) is 58.6 Å². The maximum Gasteiger partial charge on any atom is 0.232 e. The van der Waals surface area contributed by atoms with Crippen LogP contribution in [0, 0.1) is 11.6 Å². The molecule has 0 fully saturated rings. The lowest BCUT2D eigenvalue weighted by Crippen LogP contribution is -2.42. The number of halogens is 2. The molecular formula is C21H24F2N4O3. The predicted molar refractivity (Wildman–Crippen MR) is 104 cm³/mol. The molecule has 160 valence electrons. The topological polar surface area (TPSA) is 94.1 Å². The van der Waals surface area contributed by atoms with Crippen LogP contribution in [0.4, 0.5) is 8.78 Å². The van der Waals surface area contributed by atoms with Gasteiger partial charge in [0.15, 0.2) is 17.5 Å². The van der Waals surface area contributed by atoms with E-state index in [4.69, 9.17) is 8.94 Å². The number of rotatable bonds is 6. The van der Waals surface area contributed by atoms with Crippen molar-refractivity contribution in [3.05, 3.63) is 53.6 Å². The van der Waals surface area contributed by atoms with Crippen molar-refractivity contribution in [2.45, 2.75) is 58.4 Å². The molecule has 3 aromatic rings. The summed E-state index contributed by atoms with van der Waals surface area (Å²) in [4.78, 5) is 20.9. The molecule has 0 unspecified atom stereocenters. The van der Waals surface area contributed by atoms with Gasteiger partial charge in [0.25, 0.3) is 0 Å². The molecule has 0 aliphatic carbocycles. The number of aryl methyl sites for hydroxylation is 1. The minimum Gasteiger partial charge on any atom is -0.441 e. The summed E-state index contributed by atoms with van der Waals surface area (Å²) in [6, 6.07) is 3.19. The Morgan fingerprint density at radius 3 is 2.53 bits per heavy atom. The third kappa shape index (κ3) is 4.90. The van der Waals surface area contributed by atoms with Crippen LogP contribution in [0.15, 0.2) is 33.3 Å². The van der Waals surface area contributed by atoms with Gasteiger partial charge in [-0.2, -0.15) is 4.98 Å². The molecule has 0 bridgehead atoms. The van der Waals surface area contributed by atoms with Gasteiger partial charge < -0.3 is 14.3 Å². The Labute approximate surface area is 172 Å². The fraction of sp³-hybridized carbons (Fsp3) is 0.429. The zero-order valence-electron chi connectivity index (χ0n) is 17.5. The van der Waals surface area contributed by atoms with E-state index in [1.54, 1.807) is 13.8 Å². The van der Waals surface area contributed by atoms with Crippen LogP contribution in [0.5, 0.6) is 0 Å². The van der Waals surface area contributed by atoms with Gasteiger partial charge in [0.1, 0.15) is 11.6 Å². The normalized spacial score (nSPS) is 12.2. The molecule has 0 saturated heterocycles. The number of oxazole rings is 1. The van der Waals surface area contributed by atoms with E-state index in [0.29, 0.717) is 11.7 Å². The van der Waals surface area contributed by atoms with Crippen LogP contribution in [-0.4, -0.2) is 21.0 Å². The van der Waals surface area contributed by atoms with Crippen LogP contribution in [0.3, 0.4) is 0 Å². The number of benzene rings is 1. The van der Waals surface area contributed by atoms with E-state index in [9.17, 15) is 13.6 Å². The molecule has 0 aliphatic heterocycles. The molecule has 0 saturated carbocycles. The monoisotopic (exact) mass is 418 g/mol. The number of hydrogen-bond acceptors (Lipinski definition) is 6.